The normalized spacial score (nSPS) is 11.7. The van der Waals surface area contributed by atoms with E-state index >= 15 is 0 Å². The number of carbonyl (C=O) groups excluding carboxylic acids is 1. The molecule has 0 saturated heterocycles. The van der Waals surface area contributed by atoms with Gasteiger partial charge >= 0.3 is 0 Å². The van der Waals surface area contributed by atoms with Gasteiger partial charge in [0, 0.05) is 27.7 Å². The molecular formula is C29H27Cl3N4O3S. The van der Waals surface area contributed by atoms with Crippen LogP contribution in [-0.2, 0) is 14.8 Å². The first-order valence-corrected chi connectivity index (χ1v) is 14.8. The number of aromatic nitrogens is 1. The highest BCUT2D eigenvalue weighted by atomic mass is 35.5. The van der Waals surface area contributed by atoms with E-state index in [-0.39, 0.29) is 4.90 Å². The summed E-state index contributed by atoms with van der Waals surface area (Å²) in [6, 6.07) is 18.5. The smallest absolute Gasteiger partial charge is 0.264 e. The van der Waals surface area contributed by atoms with Gasteiger partial charge in [-0.2, -0.15) is 5.10 Å². The van der Waals surface area contributed by atoms with Crippen molar-refractivity contribution in [1.82, 2.24) is 9.99 Å². The maximum absolute atomic E-state index is 13.6. The molecule has 0 aliphatic carbocycles. The van der Waals surface area contributed by atoms with Gasteiger partial charge in [-0.25, -0.2) is 13.8 Å². The molecule has 0 spiro atoms. The van der Waals surface area contributed by atoms with Crippen molar-refractivity contribution in [2.24, 2.45) is 5.10 Å². The number of carbonyl (C=O) groups is 1. The van der Waals surface area contributed by atoms with Crippen LogP contribution in [0.15, 0.2) is 76.7 Å². The van der Waals surface area contributed by atoms with Gasteiger partial charge in [-0.05, 0) is 87.9 Å². The largest absolute Gasteiger partial charge is 0.318 e. The van der Waals surface area contributed by atoms with E-state index in [1.165, 1.54) is 18.3 Å². The number of hydrogen-bond donors (Lipinski definition) is 1. The first-order valence-electron chi connectivity index (χ1n) is 12.2. The Morgan fingerprint density at radius 1 is 0.925 bits per heavy atom. The van der Waals surface area contributed by atoms with E-state index in [0.29, 0.717) is 26.3 Å². The van der Waals surface area contributed by atoms with Crippen LogP contribution in [0.2, 0.25) is 15.1 Å². The van der Waals surface area contributed by atoms with E-state index in [1.54, 1.807) is 49.4 Å². The Hall–Kier alpha value is -3.30. The summed E-state index contributed by atoms with van der Waals surface area (Å²) in [6.07, 6.45) is 1.51. The number of hydrazone groups is 1. The maximum Gasteiger partial charge on any atom is 0.264 e. The fraction of sp³-hybridized carbons (Fsp3) is 0.172. The van der Waals surface area contributed by atoms with Crippen molar-refractivity contribution in [3.8, 4) is 5.69 Å². The SMILES string of the molecule is Cc1ccc(S(=O)(=O)N(CC(=O)N/N=C/c2cc(C)n(-c3ccc(Cl)c(Cl)c3)c2C)c2ccc(Cl)cc2C)cc1. The number of halogens is 3. The van der Waals surface area contributed by atoms with E-state index in [0.717, 1.165) is 32.5 Å². The summed E-state index contributed by atoms with van der Waals surface area (Å²) < 4.78 is 30.3. The second-order valence-corrected chi connectivity index (χ2v) is 12.4. The molecule has 1 aromatic heterocycles. The molecule has 3 aromatic carbocycles. The van der Waals surface area contributed by atoms with Crippen LogP contribution in [0.3, 0.4) is 0 Å². The predicted molar refractivity (Wildman–Crippen MR) is 163 cm³/mol. The average Bonchev–Trinajstić information content (AvgIpc) is 3.17. The number of benzene rings is 3. The van der Waals surface area contributed by atoms with Crippen LogP contribution in [0, 0.1) is 27.7 Å². The van der Waals surface area contributed by atoms with Crippen LogP contribution in [0.25, 0.3) is 5.69 Å². The minimum atomic E-state index is -4.07. The number of nitrogens with zero attached hydrogens (tertiary/aromatic N) is 3. The van der Waals surface area contributed by atoms with Gasteiger partial charge in [0.15, 0.2) is 0 Å². The zero-order valence-corrected chi connectivity index (χ0v) is 25.3. The van der Waals surface area contributed by atoms with Crippen molar-refractivity contribution < 1.29 is 13.2 Å². The maximum atomic E-state index is 13.6. The summed E-state index contributed by atoms with van der Waals surface area (Å²) >= 11 is 18.4. The van der Waals surface area contributed by atoms with Crippen LogP contribution < -0.4 is 9.73 Å². The fourth-order valence-corrected chi connectivity index (χ4v) is 6.32. The lowest BCUT2D eigenvalue weighted by Crippen LogP contribution is -2.40. The monoisotopic (exact) mass is 616 g/mol. The Morgan fingerprint density at radius 2 is 1.62 bits per heavy atom. The molecule has 7 nitrogen and oxygen atoms in total. The lowest BCUT2D eigenvalue weighted by Gasteiger charge is -2.25. The Balaban J connectivity index is 1.58. The molecule has 0 aliphatic rings. The zero-order valence-electron chi connectivity index (χ0n) is 22.2. The third-order valence-corrected chi connectivity index (χ3v) is 9.10. The molecule has 4 rings (SSSR count). The van der Waals surface area contributed by atoms with E-state index in [4.69, 9.17) is 34.8 Å². The third-order valence-electron chi connectivity index (χ3n) is 6.35. The summed E-state index contributed by atoms with van der Waals surface area (Å²) in [5.74, 6) is -0.612. The lowest BCUT2D eigenvalue weighted by atomic mass is 10.2. The van der Waals surface area contributed by atoms with Gasteiger partial charge in [-0.3, -0.25) is 9.10 Å². The molecule has 0 saturated carbocycles. The Labute approximate surface area is 249 Å². The van der Waals surface area contributed by atoms with Crippen LogP contribution in [0.1, 0.15) is 28.1 Å². The molecule has 0 radical (unpaired) electrons. The van der Waals surface area contributed by atoms with E-state index < -0.39 is 22.5 Å². The van der Waals surface area contributed by atoms with Crippen LogP contribution in [-0.4, -0.2) is 31.7 Å². The highest BCUT2D eigenvalue weighted by Gasteiger charge is 2.28. The third kappa shape index (κ3) is 6.36. The predicted octanol–water partition coefficient (Wildman–Crippen LogP) is 7.02. The topological polar surface area (TPSA) is 83.8 Å². The first-order chi connectivity index (χ1) is 18.9. The quantitative estimate of drug-likeness (QED) is 0.170. The summed E-state index contributed by atoms with van der Waals surface area (Å²) in [4.78, 5) is 13.1. The molecule has 1 heterocycles. The van der Waals surface area contributed by atoms with Crippen LogP contribution in [0.5, 0.6) is 0 Å². The minimum absolute atomic E-state index is 0.0680. The van der Waals surface area contributed by atoms with Crippen LogP contribution in [0.4, 0.5) is 5.69 Å². The number of sulfonamides is 1. The molecule has 11 heteroatoms. The van der Waals surface area contributed by atoms with Gasteiger partial charge in [0.2, 0.25) is 0 Å². The van der Waals surface area contributed by atoms with Gasteiger partial charge in [0.1, 0.15) is 6.54 Å². The van der Waals surface area contributed by atoms with Crippen molar-refractivity contribution in [3.05, 3.63) is 110 Å². The van der Waals surface area contributed by atoms with E-state index in [9.17, 15) is 13.2 Å². The lowest BCUT2D eigenvalue weighted by molar-refractivity contribution is -0.119. The van der Waals surface area contributed by atoms with Gasteiger partial charge in [-0.15, -0.1) is 0 Å². The summed E-state index contributed by atoms with van der Waals surface area (Å²) in [5, 5.41) is 5.47. The average molecular weight is 618 g/mol. The molecular weight excluding hydrogens is 591 g/mol. The molecule has 0 aliphatic heterocycles. The van der Waals surface area contributed by atoms with Crippen molar-refractivity contribution in [2.75, 3.05) is 10.8 Å². The van der Waals surface area contributed by atoms with Gasteiger partial charge in [-0.1, -0.05) is 52.5 Å². The molecule has 0 unspecified atom stereocenters. The minimum Gasteiger partial charge on any atom is -0.318 e. The zero-order chi connectivity index (χ0) is 29.2. The number of anilines is 1. The Kier molecular flexibility index (Phi) is 8.95. The highest BCUT2D eigenvalue weighted by molar-refractivity contribution is 7.92. The second-order valence-electron chi connectivity index (χ2n) is 9.31. The van der Waals surface area contributed by atoms with E-state index in [2.05, 4.69) is 10.5 Å². The number of hydrogen-bond acceptors (Lipinski definition) is 4. The Bertz CT molecular complexity index is 1720. The number of rotatable bonds is 8. The van der Waals surface area contributed by atoms with Crippen molar-refractivity contribution in [2.45, 2.75) is 32.6 Å². The summed E-state index contributed by atoms with van der Waals surface area (Å²) in [5.41, 5.74) is 7.72. The van der Waals surface area contributed by atoms with Gasteiger partial charge in [0.25, 0.3) is 15.9 Å². The number of amides is 1. The van der Waals surface area contributed by atoms with Crippen molar-refractivity contribution in [1.29, 1.82) is 0 Å². The standard InChI is InChI=1S/C29H27Cl3N4O3S/c1-18-5-9-25(10-6-18)40(38,39)35(28-12-7-23(30)13-19(28)2)17-29(37)34-33-16-22-14-20(3)36(21(22)4)24-8-11-26(31)27(32)15-24/h5-16H,17H2,1-4H3,(H,34,37)/b33-16+. The van der Waals surface area contributed by atoms with Crippen molar-refractivity contribution >= 4 is 62.6 Å². The summed E-state index contributed by atoms with van der Waals surface area (Å²) in [6.45, 7) is 6.97. The molecule has 4 aromatic rings. The molecule has 208 valence electrons. The molecule has 0 fully saturated rings. The van der Waals surface area contributed by atoms with Gasteiger partial charge in [0.05, 0.1) is 26.8 Å². The number of aryl methyl sites for hydroxylation is 3. The summed E-state index contributed by atoms with van der Waals surface area (Å²) in [7, 11) is -4.07. The number of nitrogens with one attached hydrogen (secondary N) is 1. The van der Waals surface area contributed by atoms with Gasteiger partial charge < -0.3 is 4.57 Å². The molecule has 1 amide bonds. The molecule has 0 bridgehead atoms. The fourth-order valence-electron chi connectivity index (χ4n) is 4.32. The highest BCUT2D eigenvalue weighted by Crippen LogP contribution is 2.29. The van der Waals surface area contributed by atoms with Crippen molar-refractivity contribution in [3.63, 3.8) is 0 Å². The molecule has 0 atom stereocenters. The Morgan fingerprint density at radius 3 is 2.27 bits per heavy atom. The van der Waals surface area contributed by atoms with E-state index in [1.807, 2.05) is 37.5 Å². The second kappa shape index (κ2) is 12.1. The molecule has 40 heavy (non-hydrogen) atoms. The molecule has 1 N–H and O–H groups in total. The van der Waals surface area contributed by atoms with Crippen LogP contribution >= 0.6 is 34.8 Å². The first kappa shape index (κ1) is 29.7.